The summed E-state index contributed by atoms with van der Waals surface area (Å²) in [6.07, 6.45) is 4.22. The highest BCUT2D eigenvalue weighted by molar-refractivity contribution is 5.95. The van der Waals surface area contributed by atoms with Crippen LogP contribution >= 0.6 is 0 Å². The molecule has 1 N–H and O–H groups in total. The number of aromatic nitrogens is 5. The monoisotopic (exact) mass is 364 g/mol. The van der Waals surface area contributed by atoms with Crippen molar-refractivity contribution in [2.24, 2.45) is 0 Å². The number of amides is 1. The maximum absolute atomic E-state index is 12.8. The van der Waals surface area contributed by atoms with Crippen molar-refractivity contribution < 1.29 is 4.79 Å². The average Bonchev–Trinajstić information content (AvgIpc) is 3.12. The van der Waals surface area contributed by atoms with Gasteiger partial charge in [-0.05, 0) is 39.3 Å². The minimum Gasteiger partial charge on any atom is -0.342 e. The molecule has 0 unspecified atom stereocenters. The lowest BCUT2D eigenvalue weighted by Crippen LogP contribution is -2.29. The Hall–Kier alpha value is -3.09. The Morgan fingerprint density at radius 1 is 1.26 bits per heavy atom. The summed E-state index contributed by atoms with van der Waals surface area (Å²) in [5, 5.41) is 7.22. The fourth-order valence-corrected chi connectivity index (χ4v) is 2.96. The van der Waals surface area contributed by atoms with Crippen molar-refractivity contribution in [3.05, 3.63) is 59.6 Å². The SMILES string of the molecule is CCCn1ncnc1[C@@H](C)NC(=O)c1cccc(-c2nc(C)cnc2C)c1. The molecule has 1 atom stereocenters. The van der Waals surface area contributed by atoms with Gasteiger partial charge in [-0.15, -0.1) is 0 Å². The predicted molar refractivity (Wildman–Crippen MR) is 103 cm³/mol. The summed E-state index contributed by atoms with van der Waals surface area (Å²) in [6, 6.07) is 7.19. The number of carbonyl (C=O) groups excluding carboxylic acids is 1. The normalized spacial score (nSPS) is 12.0. The van der Waals surface area contributed by atoms with Gasteiger partial charge in [0.15, 0.2) is 0 Å². The van der Waals surface area contributed by atoms with Gasteiger partial charge in [0, 0.05) is 23.9 Å². The van der Waals surface area contributed by atoms with E-state index in [1.807, 2.05) is 43.7 Å². The summed E-state index contributed by atoms with van der Waals surface area (Å²) < 4.78 is 1.83. The topological polar surface area (TPSA) is 85.6 Å². The standard InChI is InChI=1S/C20H24N6O/c1-5-9-26-19(22-12-23-26)15(4)25-20(27)17-8-6-7-16(10-17)18-14(3)21-11-13(2)24-18/h6-8,10-12,15H,5,9H2,1-4H3,(H,25,27)/t15-/m1/s1. The third-order valence-electron chi connectivity index (χ3n) is 4.29. The van der Waals surface area contributed by atoms with Gasteiger partial charge in [-0.1, -0.05) is 19.1 Å². The molecule has 0 aliphatic rings. The molecule has 7 nitrogen and oxygen atoms in total. The fraction of sp³-hybridized carbons (Fsp3) is 0.350. The van der Waals surface area contributed by atoms with Gasteiger partial charge in [-0.2, -0.15) is 5.10 Å². The van der Waals surface area contributed by atoms with Crippen LogP contribution in [0.5, 0.6) is 0 Å². The van der Waals surface area contributed by atoms with E-state index in [-0.39, 0.29) is 11.9 Å². The Bertz CT molecular complexity index is 949. The summed E-state index contributed by atoms with van der Waals surface area (Å²) >= 11 is 0. The maximum atomic E-state index is 12.8. The van der Waals surface area contributed by atoms with Crippen LogP contribution < -0.4 is 5.32 Å². The third-order valence-corrected chi connectivity index (χ3v) is 4.29. The fourth-order valence-electron chi connectivity index (χ4n) is 2.96. The van der Waals surface area contributed by atoms with Crippen molar-refractivity contribution in [1.29, 1.82) is 0 Å². The number of rotatable bonds is 6. The molecule has 0 aliphatic heterocycles. The van der Waals surface area contributed by atoms with Crippen LogP contribution in [0.1, 0.15) is 53.9 Å². The van der Waals surface area contributed by atoms with Gasteiger partial charge in [0.1, 0.15) is 12.2 Å². The Balaban J connectivity index is 1.81. The third kappa shape index (κ3) is 4.19. The Morgan fingerprint density at radius 3 is 2.85 bits per heavy atom. The van der Waals surface area contributed by atoms with Crippen LogP contribution in [0.2, 0.25) is 0 Å². The zero-order chi connectivity index (χ0) is 19.4. The minimum atomic E-state index is -0.240. The van der Waals surface area contributed by atoms with Crippen LogP contribution in [0, 0.1) is 13.8 Å². The zero-order valence-corrected chi connectivity index (χ0v) is 16.1. The largest absolute Gasteiger partial charge is 0.342 e. The van der Waals surface area contributed by atoms with Gasteiger partial charge in [-0.3, -0.25) is 9.78 Å². The van der Waals surface area contributed by atoms with Crippen molar-refractivity contribution in [2.45, 2.75) is 46.7 Å². The van der Waals surface area contributed by atoms with E-state index >= 15 is 0 Å². The molecule has 0 radical (unpaired) electrons. The lowest BCUT2D eigenvalue weighted by Gasteiger charge is -2.15. The predicted octanol–water partition coefficient (Wildman–Crippen LogP) is 3.25. The number of hydrogen-bond acceptors (Lipinski definition) is 5. The molecule has 3 aromatic rings. The molecule has 0 saturated heterocycles. The lowest BCUT2D eigenvalue weighted by atomic mass is 10.1. The van der Waals surface area contributed by atoms with E-state index in [2.05, 4.69) is 32.3 Å². The lowest BCUT2D eigenvalue weighted by molar-refractivity contribution is 0.0937. The molecule has 0 fully saturated rings. The van der Waals surface area contributed by atoms with E-state index in [1.54, 1.807) is 12.3 Å². The molecule has 140 valence electrons. The molecule has 2 aromatic heterocycles. The summed E-state index contributed by atoms with van der Waals surface area (Å²) in [5.74, 6) is 0.593. The van der Waals surface area contributed by atoms with Crippen LogP contribution in [0.4, 0.5) is 0 Å². The maximum Gasteiger partial charge on any atom is 0.251 e. The Labute approximate surface area is 158 Å². The van der Waals surface area contributed by atoms with Crippen LogP contribution in [0.15, 0.2) is 36.8 Å². The number of carbonyl (C=O) groups is 1. The van der Waals surface area contributed by atoms with Crippen LogP contribution in [-0.4, -0.2) is 30.6 Å². The molecule has 1 aromatic carbocycles. The Kier molecular flexibility index (Phi) is 5.59. The first kappa shape index (κ1) is 18.7. The molecule has 0 bridgehead atoms. The molecule has 3 rings (SSSR count). The average molecular weight is 364 g/mol. The molecule has 1 amide bonds. The molecule has 0 saturated carbocycles. The number of hydrogen-bond donors (Lipinski definition) is 1. The number of nitrogens with one attached hydrogen (secondary N) is 1. The van der Waals surface area contributed by atoms with E-state index in [1.165, 1.54) is 6.33 Å². The van der Waals surface area contributed by atoms with E-state index in [0.717, 1.165) is 41.4 Å². The first-order valence-corrected chi connectivity index (χ1v) is 9.08. The van der Waals surface area contributed by atoms with E-state index < -0.39 is 0 Å². The highest BCUT2D eigenvalue weighted by atomic mass is 16.1. The molecule has 0 aliphatic carbocycles. The van der Waals surface area contributed by atoms with Crippen molar-refractivity contribution in [3.8, 4) is 11.3 Å². The number of aryl methyl sites for hydroxylation is 3. The van der Waals surface area contributed by atoms with Gasteiger partial charge in [0.2, 0.25) is 0 Å². The highest BCUT2D eigenvalue weighted by Crippen LogP contribution is 2.21. The summed E-state index contributed by atoms with van der Waals surface area (Å²) in [7, 11) is 0. The van der Waals surface area contributed by atoms with Crippen molar-refractivity contribution in [3.63, 3.8) is 0 Å². The second-order valence-electron chi connectivity index (χ2n) is 6.56. The van der Waals surface area contributed by atoms with Gasteiger partial charge < -0.3 is 5.32 Å². The van der Waals surface area contributed by atoms with Crippen LogP contribution in [-0.2, 0) is 6.54 Å². The van der Waals surface area contributed by atoms with Crippen LogP contribution in [0.3, 0.4) is 0 Å². The van der Waals surface area contributed by atoms with Gasteiger partial charge >= 0.3 is 0 Å². The van der Waals surface area contributed by atoms with Crippen molar-refractivity contribution in [2.75, 3.05) is 0 Å². The van der Waals surface area contributed by atoms with Crippen molar-refractivity contribution in [1.82, 2.24) is 30.0 Å². The molecular formula is C20H24N6O. The first-order valence-electron chi connectivity index (χ1n) is 9.08. The van der Waals surface area contributed by atoms with Gasteiger partial charge in [-0.25, -0.2) is 14.6 Å². The molecule has 7 heteroatoms. The second-order valence-corrected chi connectivity index (χ2v) is 6.56. The van der Waals surface area contributed by atoms with E-state index in [9.17, 15) is 4.79 Å². The summed E-state index contributed by atoms with van der Waals surface area (Å²) in [4.78, 5) is 26.0. The summed E-state index contributed by atoms with van der Waals surface area (Å²) in [5.41, 5.74) is 3.91. The molecule has 0 spiro atoms. The number of nitrogens with zero attached hydrogens (tertiary/aromatic N) is 5. The smallest absolute Gasteiger partial charge is 0.251 e. The van der Waals surface area contributed by atoms with Crippen molar-refractivity contribution >= 4 is 5.91 Å². The molecule has 2 heterocycles. The molecular weight excluding hydrogens is 340 g/mol. The quantitative estimate of drug-likeness (QED) is 0.726. The molecule has 27 heavy (non-hydrogen) atoms. The second kappa shape index (κ2) is 8.07. The highest BCUT2D eigenvalue weighted by Gasteiger charge is 2.17. The zero-order valence-electron chi connectivity index (χ0n) is 16.1. The minimum absolute atomic E-state index is 0.159. The number of benzene rings is 1. The van der Waals surface area contributed by atoms with Crippen LogP contribution in [0.25, 0.3) is 11.3 Å². The van der Waals surface area contributed by atoms with Gasteiger partial charge in [0.05, 0.1) is 23.1 Å². The van der Waals surface area contributed by atoms with Gasteiger partial charge in [0.25, 0.3) is 5.91 Å². The summed E-state index contributed by atoms with van der Waals surface area (Å²) in [6.45, 7) is 8.58. The van der Waals surface area contributed by atoms with E-state index in [0.29, 0.717) is 5.56 Å². The van der Waals surface area contributed by atoms with E-state index in [4.69, 9.17) is 0 Å². The first-order chi connectivity index (χ1) is 13.0. The Morgan fingerprint density at radius 2 is 2.07 bits per heavy atom.